The number of hydrogen-bond acceptors (Lipinski definition) is 4. The lowest BCUT2D eigenvalue weighted by atomic mass is 10.1. The monoisotopic (exact) mass is 288 g/mol. The van der Waals surface area contributed by atoms with Gasteiger partial charge in [-0.25, -0.2) is 8.42 Å². The summed E-state index contributed by atoms with van der Waals surface area (Å²) in [6, 6.07) is 1.71. The van der Waals surface area contributed by atoms with Crippen LogP contribution in [0.4, 0.5) is 0 Å². The van der Waals surface area contributed by atoms with Crippen molar-refractivity contribution in [2.45, 2.75) is 42.9 Å². The van der Waals surface area contributed by atoms with Crippen LogP contribution in [0.5, 0.6) is 0 Å². The second kappa shape index (κ2) is 6.14. The predicted octanol–water partition coefficient (Wildman–Crippen LogP) is 2.16. The summed E-state index contributed by atoms with van der Waals surface area (Å²) in [5.74, 6) is 0. The highest BCUT2D eigenvalue weighted by molar-refractivity contribution is 7.91. The molecule has 18 heavy (non-hydrogen) atoms. The van der Waals surface area contributed by atoms with Gasteiger partial charge in [0.25, 0.3) is 10.0 Å². The molecule has 2 N–H and O–H groups in total. The third kappa shape index (κ3) is 3.12. The lowest BCUT2D eigenvalue weighted by Crippen LogP contribution is -2.33. The standard InChI is InChI=1S/C12H20N2O2S2/c13-9-11-8-12(17-10-11)18(15,16)14-6-4-2-1-3-5-7-14/h8,10H,1-7,9,13H2. The molecule has 6 heteroatoms. The lowest BCUT2D eigenvalue weighted by Gasteiger charge is -2.23. The molecule has 0 unspecified atom stereocenters. The van der Waals surface area contributed by atoms with E-state index in [9.17, 15) is 8.42 Å². The molecule has 0 aromatic carbocycles. The van der Waals surface area contributed by atoms with Crippen LogP contribution >= 0.6 is 11.3 Å². The van der Waals surface area contributed by atoms with Gasteiger partial charge in [-0.15, -0.1) is 11.3 Å². The molecule has 0 atom stereocenters. The van der Waals surface area contributed by atoms with E-state index in [4.69, 9.17) is 5.73 Å². The summed E-state index contributed by atoms with van der Waals surface area (Å²) in [5.41, 5.74) is 6.42. The van der Waals surface area contributed by atoms with Crippen LogP contribution in [-0.2, 0) is 16.6 Å². The summed E-state index contributed by atoms with van der Waals surface area (Å²) < 4.78 is 27.0. The minimum atomic E-state index is -3.29. The maximum atomic E-state index is 12.5. The fourth-order valence-corrected chi connectivity index (χ4v) is 5.07. The number of thiophene rings is 1. The van der Waals surface area contributed by atoms with Gasteiger partial charge in [-0.05, 0) is 29.9 Å². The Morgan fingerprint density at radius 1 is 1.17 bits per heavy atom. The summed E-state index contributed by atoms with van der Waals surface area (Å²) in [7, 11) is -3.29. The van der Waals surface area contributed by atoms with Crippen LogP contribution in [0.25, 0.3) is 0 Å². The molecule has 1 fully saturated rings. The molecule has 0 saturated carbocycles. The van der Waals surface area contributed by atoms with Gasteiger partial charge in [0.15, 0.2) is 0 Å². The van der Waals surface area contributed by atoms with Gasteiger partial charge in [0.2, 0.25) is 0 Å². The summed E-state index contributed by atoms with van der Waals surface area (Å²) >= 11 is 1.28. The van der Waals surface area contributed by atoms with Gasteiger partial charge < -0.3 is 5.73 Å². The highest BCUT2D eigenvalue weighted by atomic mass is 32.2. The van der Waals surface area contributed by atoms with E-state index >= 15 is 0 Å². The van der Waals surface area contributed by atoms with E-state index in [0.717, 1.165) is 31.2 Å². The number of sulfonamides is 1. The third-order valence-electron chi connectivity index (χ3n) is 3.27. The normalized spacial score (nSPS) is 19.4. The molecule has 0 bridgehead atoms. The average Bonchev–Trinajstić information content (AvgIpc) is 2.76. The molecule has 1 aromatic rings. The predicted molar refractivity (Wildman–Crippen MR) is 74.1 cm³/mol. The molecule has 1 saturated heterocycles. The summed E-state index contributed by atoms with van der Waals surface area (Å²) in [4.78, 5) is 0. The zero-order chi connectivity index (χ0) is 13.0. The van der Waals surface area contributed by atoms with Crippen molar-refractivity contribution < 1.29 is 8.42 Å². The second-order valence-corrected chi connectivity index (χ2v) is 7.73. The molecule has 1 aliphatic heterocycles. The SMILES string of the molecule is NCc1csc(S(=O)(=O)N2CCCCCCC2)c1. The number of nitrogens with two attached hydrogens (primary N) is 1. The highest BCUT2D eigenvalue weighted by Gasteiger charge is 2.25. The van der Waals surface area contributed by atoms with E-state index in [2.05, 4.69) is 0 Å². The molecule has 1 aromatic heterocycles. The first kappa shape index (κ1) is 14.0. The van der Waals surface area contributed by atoms with Gasteiger partial charge in [-0.2, -0.15) is 4.31 Å². The molecule has 4 nitrogen and oxygen atoms in total. The molecule has 0 aliphatic carbocycles. The first-order chi connectivity index (χ1) is 8.64. The van der Waals surface area contributed by atoms with E-state index in [1.807, 2.05) is 5.38 Å². The van der Waals surface area contributed by atoms with E-state index < -0.39 is 10.0 Å². The Kier molecular flexibility index (Phi) is 4.77. The highest BCUT2D eigenvalue weighted by Crippen LogP contribution is 2.25. The van der Waals surface area contributed by atoms with Crippen molar-refractivity contribution in [3.63, 3.8) is 0 Å². The molecule has 0 spiro atoms. The quantitative estimate of drug-likeness (QED) is 0.927. The summed E-state index contributed by atoms with van der Waals surface area (Å²) in [5, 5.41) is 1.83. The van der Waals surface area contributed by atoms with Gasteiger partial charge in [0, 0.05) is 19.6 Å². The minimum absolute atomic E-state index is 0.395. The number of nitrogens with zero attached hydrogens (tertiary/aromatic N) is 1. The van der Waals surface area contributed by atoms with Crippen LogP contribution in [0.1, 0.15) is 37.7 Å². The zero-order valence-corrected chi connectivity index (χ0v) is 12.1. The van der Waals surface area contributed by atoms with Crippen LogP contribution < -0.4 is 5.73 Å². The van der Waals surface area contributed by atoms with Crippen LogP contribution in [0.2, 0.25) is 0 Å². The lowest BCUT2D eigenvalue weighted by molar-refractivity contribution is 0.365. The third-order valence-corrected chi connectivity index (χ3v) is 6.64. The Morgan fingerprint density at radius 2 is 1.78 bits per heavy atom. The number of hydrogen-bond donors (Lipinski definition) is 1. The molecule has 0 radical (unpaired) electrons. The van der Waals surface area contributed by atoms with Crippen molar-refractivity contribution in [3.8, 4) is 0 Å². The summed E-state index contributed by atoms with van der Waals surface area (Å²) in [6.45, 7) is 1.70. The molecule has 2 heterocycles. The molecule has 1 aliphatic rings. The maximum absolute atomic E-state index is 12.5. The molecular formula is C12H20N2O2S2. The Balaban J connectivity index is 2.17. The Bertz CT molecular complexity index is 474. The van der Waals surface area contributed by atoms with E-state index in [0.29, 0.717) is 23.8 Å². The van der Waals surface area contributed by atoms with Gasteiger partial charge in [-0.3, -0.25) is 0 Å². The van der Waals surface area contributed by atoms with Gasteiger partial charge in [-0.1, -0.05) is 19.3 Å². The van der Waals surface area contributed by atoms with E-state index in [1.54, 1.807) is 10.4 Å². The van der Waals surface area contributed by atoms with Gasteiger partial charge >= 0.3 is 0 Å². The Labute approximate surface area is 113 Å². The molecule has 0 amide bonds. The van der Waals surface area contributed by atoms with E-state index in [1.165, 1.54) is 17.8 Å². The maximum Gasteiger partial charge on any atom is 0.252 e. The van der Waals surface area contributed by atoms with Crippen molar-refractivity contribution in [2.75, 3.05) is 13.1 Å². The molecule has 102 valence electrons. The molecular weight excluding hydrogens is 268 g/mol. The van der Waals surface area contributed by atoms with Crippen LogP contribution in [0, 0.1) is 0 Å². The fourth-order valence-electron chi connectivity index (χ4n) is 2.18. The smallest absolute Gasteiger partial charge is 0.252 e. The Morgan fingerprint density at radius 3 is 2.33 bits per heavy atom. The minimum Gasteiger partial charge on any atom is -0.326 e. The number of rotatable bonds is 3. The summed E-state index contributed by atoms with van der Waals surface area (Å²) in [6.07, 6.45) is 5.42. The van der Waals surface area contributed by atoms with Gasteiger partial charge in [0.05, 0.1) is 0 Å². The van der Waals surface area contributed by atoms with Crippen molar-refractivity contribution >= 4 is 21.4 Å². The zero-order valence-electron chi connectivity index (χ0n) is 10.5. The fraction of sp³-hybridized carbons (Fsp3) is 0.667. The van der Waals surface area contributed by atoms with Crippen molar-refractivity contribution in [3.05, 3.63) is 17.0 Å². The first-order valence-corrected chi connectivity index (χ1v) is 8.74. The van der Waals surface area contributed by atoms with E-state index in [-0.39, 0.29) is 0 Å². The van der Waals surface area contributed by atoms with Gasteiger partial charge in [0.1, 0.15) is 4.21 Å². The van der Waals surface area contributed by atoms with Crippen LogP contribution in [0.15, 0.2) is 15.7 Å². The second-order valence-electron chi connectivity index (χ2n) is 4.65. The van der Waals surface area contributed by atoms with Crippen molar-refractivity contribution in [1.82, 2.24) is 4.31 Å². The van der Waals surface area contributed by atoms with Crippen LogP contribution in [0.3, 0.4) is 0 Å². The van der Waals surface area contributed by atoms with Crippen molar-refractivity contribution in [1.29, 1.82) is 0 Å². The average molecular weight is 288 g/mol. The molecule has 2 rings (SSSR count). The topological polar surface area (TPSA) is 63.4 Å². The Hall–Kier alpha value is -0.430. The first-order valence-electron chi connectivity index (χ1n) is 6.42. The van der Waals surface area contributed by atoms with Crippen molar-refractivity contribution in [2.24, 2.45) is 5.73 Å². The van der Waals surface area contributed by atoms with Crippen LogP contribution in [-0.4, -0.2) is 25.8 Å². The largest absolute Gasteiger partial charge is 0.326 e.